The lowest BCUT2D eigenvalue weighted by Crippen LogP contribution is -2.46. The Morgan fingerprint density at radius 3 is 2.57 bits per heavy atom. The highest BCUT2D eigenvalue weighted by Crippen LogP contribution is 2.39. The second-order valence-electron chi connectivity index (χ2n) is 8.43. The molecule has 3 nitrogen and oxygen atoms in total. The van der Waals surface area contributed by atoms with Gasteiger partial charge in [0.2, 0.25) is 0 Å². The average molecular weight is 380 g/mol. The summed E-state index contributed by atoms with van der Waals surface area (Å²) in [6, 6.07) is 14.0. The third kappa shape index (κ3) is 4.15. The minimum atomic E-state index is -0.268. The van der Waals surface area contributed by atoms with Gasteiger partial charge in [-0.3, -0.25) is 4.79 Å². The normalized spacial score (nSPS) is 24.4. The van der Waals surface area contributed by atoms with Crippen LogP contribution in [0.25, 0.3) is 10.8 Å². The zero-order chi connectivity index (χ0) is 20.3. The summed E-state index contributed by atoms with van der Waals surface area (Å²) < 4.78 is 6.52. The highest BCUT2D eigenvalue weighted by atomic mass is 16.5. The summed E-state index contributed by atoms with van der Waals surface area (Å²) in [5, 5.41) is 2.09. The van der Waals surface area contributed by atoms with Gasteiger partial charge in [-0.2, -0.15) is 0 Å². The van der Waals surface area contributed by atoms with Crippen LogP contribution in [0.3, 0.4) is 0 Å². The molecule has 2 aromatic rings. The van der Waals surface area contributed by atoms with Gasteiger partial charge in [0, 0.05) is 12.1 Å². The molecule has 1 aliphatic rings. The number of hydrogen-bond donors (Lipinski definition) is 0. The molecule has 0 saturated carbocycles. The molecule has 3 heteroatoms. The molecule has 1 amide bonds. The zero-order valence-electron chi connectivity index (χ0n) is 17.7. The van der Waals surface area contributed by atoms with Gasteiger partial charge >= 0.3 is 0 Å². The van der Waals surface area contributed by atoms with E-state index in [9.17, 15) is 4.79 Å². The minimum Gasteiger partial charge on any atom is -0.370 e. The highest BCUT2D eigenvalue weighted by molar-refractivity contribution is 6.07. The van der Waals surface area contributed by atoms with Crippen LogP contribution in [0.2, 0.25) is 0 Å². The molecule has 150 valence electrons. The molecule has 3 rings (SSSR count). The minimum absolute atomic E-state index is 0.0591. The fourth-order valence-corrected chi connectivity index (χ4v) is 4.59. The molecule has 0 bridgehead atoms. The maximum Gasteiger partial charge on any atom is 0.254 e. The van der Waals surface area contributed by atoms with E-state index in [1.165, 1.54) is 0 Å². The average Bonchev–Trinajstić information content (AvgIpc) is 3.02. The van der Waals surface area contributed by atoms with Crippen molar-refractivity contribution in [3.63, 3.8) is 0 Å². The summed E-state index contributed by atoms with van der Waals surface area (Å²) in [5.41, 5.74) is 1.47. The summed E-state index contributed by atoms with van der Waals surface area (Å²) in [4.78, 5) is 15.5. The smallest absolute Gasteiger partial charge is 0.254 e. The Labute approximate surface area is 169 Å². The number of ether oxygens (including phenoxy) is 1. The first-order valence-corrected chi connectivity index (χ1v) is 10.5. The molecular weight excluding hydrogens is 346 g/mol. The van der Waals surface area contributed by atoms with E-state index in [-0.39, 0.29) is 17.6 Å². The van der Waals surface area contributed by atoms with Crippen LogP contribution < -0.4 is 0 Å². The molecule has 2 aromatic carbocycles. The number of fused-ring (bicyclic) bond motifs is 1. The van der Waals surface area contributed by atoms with E-state index in [0.717, 1.165) is 41.2 Å². The Bertz CT molecular complexity index is 853. The number of carbonyl (C=O) groups excluding carboxylic acids is 1. The number of amides is 1. The predicted octanol–water partition coefficient (Wildman–Crippen LogP) is 5.84. The van der Waals surface area contributed by atoms with E-state index >= 15 is 0 Å². The lowest BCUT2D eigenvalue weighted by atomic mass is 9.89. The number of rotatable bonds is 7. The summed E-state index contributed by atoms with van der Waals surface area (Å²) >= 11 is 0. The van der Waals surface area contributed by atoms with Crippen LogP contribution in [-0.4, -0.2) is 35.6 Å². The van der Waals surface area contributed by atoms with Crippen molar-refractivity contribution < 1.29 is 9.53 Å². The largest absolute Gasteiger partial charge is 0.370 e. The van der Waals surface area contributed by atoms with Crippen molar-refractivity contribution in [1.82, 2.24) is 4.90 Å². The molecule has 3 atom stereocenters. The van der Waals surface area contributed by atoms with E-state index in [4.69, 9.17) is 4.74 Å². The fraction of sp³-hybridized carbons (Fsp3) is 0.480. The first kappa shape index (κ1) is 20.6. The van der Waals surface area contributed by atoms with Crippen molar-refractivity contribution in [1.29, 1.82) is 0 Å². The molecule has 3 unspecified atom stereocenters. The number of carbonyl (C=O) groups is 1. The van der Waals surface area contributed by atoms with E-state index in [1.54, 1.807) is 0 Å². The molecule has 0 N–H and O–H groups in total. The van der Waals surface area contributed by atoms with Crippen molar-refractivity contribution >= 4 is 16.7 Å². The maximum absolute atomic E-state index is 13.6. The molecule has 0 aromatic heterocycles. The van der Waals surface area contributed by atoms with E-state index in [1.807, 2.05) is 42.2 Å². The van der Waals surface area contributed by atoms with Gasteiger partial charge in [0.05, 0.1) is 18.2 Å². The summed E-state index contributed by atoms with van der Waals surface area (Å²) in [6.45, 7) is 13.8. The first-order valence-electron chi connectivity index (χ1n) is 10.5. The Hall–Kier alpha value is -2.13. The number of benzene rings is 2. The molecule has 28 heavy (non-hydrogen) atoms. The van der Waals surface area contributed by atoms with Crippen LogP contribution in [0.1, 0.15) is 57.3 Å². The van der Waals surface area contributed by atoms with Gasteiger partial charge in [0.15, 0.2) is 0 Å². The molecule has 1 saturated heterocycles. The van der Waals surface area contributed by atoms with Crippen LogP contribution in [0.5, 0.6) is 0 Å². The van der Waals surface area contributed by atoms with Gasteiger partial charge in [-0.15, -0.1) is 0 Å². The quantitative estimate of drug-likeness (QED) is 0.565. The first-order chi connectivity index (χ1) is 13.4. The molecule has 1 fully saturated rings. The van der Waals surface area contributed by atoms with Crippen LogP contribution in [0.4, 0.5) is 0 Å². The predicted molar refractivity (Wildman–Crippen MR) is 117 cm³/mol. The second kappa shape index (κ2) is 8.48. The maximum atomic E-state index is 13.6. The second-order valence-corrected chi connectivity index (χ2v) is 8.43. The van der Waals surface area contributed by atoms with Gasteiger partial charge in [0.25, 0.3) is 5.91 Å². The van der Waals surface area contributed by atoms with Gasteiger partial charge in [-0.1, -0.05) is 69.3 Å². The van der Waals surface area contributed by atoms with E-state index in [0.29, 0.717) is 19.0 Å². The third-order valence-corrected chi connectivity index (χ3v) is 6.02. The molecule has 0 aliphatic carbocycles. The van der Waals surface area contributed by atoms with E-state index < -0.39 is 0 Å². The lowest BCUT2D eigenvalue weighted by Gasteiger charge is -2.35. The fourth-order valence-electron chi connectivity index (χ4n) is 4.59. The number of hydrogen-bond acceptors (Lipinski definition) is 2. The van der Waals surface area contributed by atoms with Crippen molar-refractivity contribution in [2.75, 3.05) is 13.1 Å². The SMILES string of the molecule is C=C(C)CN(CC1(CC)CC(C)C(CC)O1)C(=O)c1cccc2ccccc12. The topological polar surface area (TPSA) is 29.5 Å². The van der Waals surface area contributed by atoms with Gasteiger partial charge in [0.1, 0.15) is 0 Å². The van der Waals surface area contributed by atoms with Crippen molar-refractivity contribution in [2.24, 2.45) is 5.92 Å². The van der Waals surface area contributed by atoms with Gasteiger partial charge in [-0.25, -0.2) is 0 Å². The lowest BCUT2D eigenvalue weighted by molar-refractivity contribution is -0.0612. The standard InChI is InChI=1S/C25H33NO2/c1-6-23-19(5)15-25(7-2,28-23)17-26(16-18(3)4)24(27)22-14-10-12-20-11-8-9-13-21(20)22/h8-14,19,23H,3,6-7,15-17H2,1-2,4-5H3. The molecule has 1 heterocycles. The van der Waals surface area contributed by atoms with E-state index in [2.05, 4.69) is 39.5 Å². The Kier molecular flexibility index (Phi) is 6.24. The Morgan fingerprint density at radius 1 is 1.21 bits per heavy atom. The van der Waals surface area contributed by atoms with Crippen LogP contribution in [-0.2, 0) is 4.74 Å². The summed E-state index contributed by atoms with van der Waals surface area (Å²) in [6.07, 6.45) is 3.20. The van der Waals surface area contributed by atoms with Crippen molar-refractivity contribution in [2.45, 2.75) is 58.7 Å². The third-order valence-electron chi connectivity index (χ3n) is 6.02. The van der Waals surface area contributed by atoms with Crippen molar-refractivity contribution in [3.8, 4) is 0 Å². The van der Waals surface area contributed by atoms with Crippen LogP contribution in [0, 0.1) is 5.92 Å². The van der Waals surface area contributed by atoms with Gasteiger partial charge in [-0.05, 0) is 48.9 Å². The molecular formula is C25H33NO2. The Morgan fingerprint density at radius 2 is 1.93 bits per heavy atom. The van der Waals surface area contributed by atoms with Crippen LogP contribution in [0.15, 0.2) is 54.6 Å². The number of nitrogens with zero attached hydrogens (tertiary/aromatic N) is 1. The van der Waals surface area contributed by atoms with Crippen LogP contribution >= 0.6 is 0 Å². The summed E-state index contributed by atoms with van der Waals surface area (Å²) in [7, 11) is 0. The zero-order valence-corrected chi connectivity index (χ0v) is 17.7. The monoisotopic (exact) mass is 379 g/mol. The highest BCUT2D eigenvalue weighted by Gasteiger charge is 2.44. The molecule has 0 spiro atoms. The van der Waals surface area contributed by atoms with Crippen molar-refractivity contribution in [3.05, 3.63) is 60.2 Å². The van der Waals surface area contributed by atoms with Gasteiger partial charge < -0.3 is 9.64 Å². The summed E-state index contributed by atoms with van der Waals surface area (Å²) in [5.74, 6) is 0.577. The Balaban J connectivity index is 1.93. The molecule has 1 aliphatic heterocycles. The molecule has 0 radical (unpaired) electrons.